The van der Waals surface area contributed by atoms with Gasteiger partial charge >= 0.3 is 6.36 Å². The van der Waals surface area contributed by atoms with Crippen molar-refractivity contribution in [2.75, 3.05) is 0 Å². The normalized spacial score (nSPS) is 11.0. The number of ether oxygens (including phenoxy) is 2. The fraction of sp³-hybridized carbons (Fsp3) is 0.125. The lowest BCUT2D eigenvalue weighted by Crippen LogP contribution is -2.17. The number of hydrogen-bond donors (Lipinski definition) is 0. The van der Waals surface area contributed by atoms with E-state index >= 15 is 0 Å². The first-order valence-corrected chi connectivity index (χ1v) is 6.17. The molecule has 0 amide bonds. The zero-order chi connectivity index (χ0) is 15.3. The highest BCUT2D eigenvalue weighted by Crippen LogP contribution is 2.31. The third kappa shape index (κ3) is 4.56. The zero-order valence-electron chi connectivity index (χ0n) is 11.1. The fourth-order valence-electron chi connectivity index (χ4n) is 1.73. The summed E-state index contributed by atoms with van der Waals surface area (Å²) in [7, 11) is 0. The first kappa shape index (κ1) is 15.0. The summed E-state index contributed by atoms with van der Waals surface area (Å²) in [5.41, 5.74) is 1.17. The highest BCUT2D eigenvalue weighted by atomic mass is 19.4. The van der Waals surface area contributed by atoms with Crippen molar-refractivity contribution in [2.24, 2.45) is 0 Å². The van der Waals surface area contributed by atoms with Crippen molar-refractivity contribution in [3.63, 3.8) is 0 Å². The maximum atomic E-state index is 12.3. The van der Waals surface area contributed by atoms with E-state index in [4.69, 9.17) is 4.74 Å². The first-order chi connectivity index (χ1) is 9.98. The van der Waals surface area contributed by atoms with Crippen molar-refractivity contribution >= 4 is 6.08 Å². The molecule has 2 nitrogen and oxygen atoms in total. The van der Waals surface area contributed by atoms with Gasteiger partial charge in [0.15, 0.2) is 0 Å². The SMILES string of the molecule is C=Cc1ccc(OCc2ccccc2)cc1OC(F)(F)F. The predicted molar refractivity (Wildman–Crippen MR) is 74.0 cm³/mol. The van der Waals surface area contributed by atoms with Gasteiger partial charge in [-0.25, -0.2) is 0 Å². The summed E-state index contributed by atoms with van der Waals surface area (Å²) in [6.45, 7) is 3.72. The second-order valence-corrected chi connectivity index (χ2v) is 4.23. The number of halogens is 3. The Morgan fingerprint density at radius 1 is 1.05 bits per heavy atom. The number of hydrogen-bond acceptors (Lipinski definition) is 2. The predicted octanol–water partition coefficient (Wildman–Crippen LogP) is 4.81. The Bertz CT molecular complexity index is 607. The summed E-state index contributed by atoms with van der Waals surface area (Å²) in [4.78, 5) is 0. The number of rotatable bonds is 5. The third-order valence-electron chi connectivity index (χ3n) is 2.68. The van der Waals surface area contributed by atoms with Crippen molar-refractivity contribution in [3.05, 3.63) is 66.2 Å². The summed E-state index contributed by atoms with van der Waals surface area (Å²) >= 11 is 0. The van der Waals surface area contributed by atoms with E-state index in [1.165, 1.54) is 18.2 Å². The molecule has 0 saturated heterocycles. The van der Waals surface area contributed by atoms with E-state index in [1.807, 2.05) is 30.3 Å². The van der Waals surface area contributed by atoms with Gasteiger partial charge in [-0.05, 0) is 17.7 Å². The second-order valence-electron chi connectivity index (χ2n) is 4.23. The summed E-state index contributed by atoms with van der Waals surface area (Å²) in [5, 5.41) is 0. The zero-order valence-corrected chi connectivity index (χ0v) is 11.1. The van der Waals surface area contributed by atoms with Crippen LogP contribution in [0.5, 0.6) is 11.5 Å². The van der Waals surface area contributed by atoms with Crippen LogP contribution in [-0.4, -0.2) is 6.36 Å². The van der Waals surface area contributed by atoms with Crippen LogP contribution in [0.2, 0.25) is 0 Å². The summed E-state index contributed by atoms with van der Waals surface area (Å²) < 4.78 is 46.5. The van der Waals surface area contributed by atoms with E-state index in [0.29, 0.717) is 5.75 Å². The molecular weight excluding hydrogens is 281 g/mol. The van der Waals surface area contributed by atoms with Crippen molar-refractivity contribution in [1.29, 1.82) is 0 Å². The Morgan fingerprint density at radius 3 is 2.38 bits per heavy atom. The van der Waals surface area contributed by atoms with Crippen LogP contribution in [-0.2, 0) is 6.61 Å². The molecule has 0 saturated carbocycles. The topological polar surface area (TPSA) is 18.5 Å². The molecule has 0 aliphatic heterocycles. The molecule has 0 N–H and O–H groups in total. The van der Waals surface area contributed by atoms with E-state index in [0.717, 1.165) is 5.56 Å². The molecule has 0 aromatic heterocycles. The molecule has 5 heteroatoms. The molecule has 0 bridgehead atoms. The third-order valence-corrected chi connectivity index (χ3v) is 2.68. The lowest BCUT2D eigenvalue weighted by Gasteiger charge is -2.13. The van der Waals surface area contributed by atoms with Crippen molar-refractivity contribution in [2.45, 2.75) is 13.0 Å². The lowest BCUT2D eigenvalue weighted by atomic mass is 10.2. The quantitative estimate of drug-likeness (QED) is 0.788. The molecule has 0 atom stereocenters. The summed E-state index contributed by atoms with van der Waals surface area (Å²) in [6.07, 6.45) is -3.46. The molecule has 0 aliphatic carbocycles. The van der Waals surface area contributed by atoms with Crippen LogP contribution in [0.3, 0.4) is 0 Å². The smallest absolute Gasteiger partial charge is 0.489 e. The van der Waals surface area contributed by atoms with Gasteiger partial charge in [-0.15, -0.1) is 13.2 Å². The molecule has 0 spiro atoms. The maximum absolute atomic E-state index is 12.3. The maximum Gasteiger partial charge on any atom is 0.573 e. The van der Waals surface area contributed by atoms with Gasteiger partial charge in [-0.1, -0.05) is 43.0 Å². The molecule has 0 radical (unpaired) electrons. The van der Waals surface area contributed by atoms with E-state index in [-0.39, 0.29) is 17.9 Å². The molecule has 0 heterocycles. The van der Waals surface area contributed by atoms with E-state index < -0.39 is 6.36 Å². The molecular formula is C16H13F3O2. The molecule has 0 aliphatic rings. The van der Waals surface area contributed by atoms with Crippen molar-refractivity contribution < 1.29 is 22.6 Å². The van der Waals surface area contributed by atoms with Gasteiger partial charge in [-0.2, -0.15) is 0 Å². The largest absolute Gasteiger partial charge is 0.573 e. The molecule has 0 fully saturated rings. The Morgan fingerprint density at radius 2 is 1.76 bits per heavy atom. The minimum atomic E-state index is -4.75. The fourth-order valence-corrected chi connectivity index (χ4v) is 1.73. The highest BCUT2D eigenvalue weighted by Gasteiger charge is 2.32. The summed E-state index contributed by atoms with van der Waals surface area (Å²) in [6, 6.07) is 13.6. The van der Waals surface area contributed by atoms with Gasteiger partial charge in [0.2, 0.25) is 0 Å². The van der Waals surface area contributed by atoms with Crippen LogP contribution in [0.1, 0.15) is 11.1 Å². The molecule has 2 rings (SSSR count). The van der Waals surface area contributed by atoms with Gasteiger partial charge in [0, 0.05) is 11.6 Å². The number of benzene rings is 2. The average Bonchev–Trinajstić information content (AvgIpc) is 2.45. The van der Waals surface area contributed by atoms with Crippen LogP contribution < -0.4 is 9.47 Å². The number of alkyl halides is 3. The molecule has 110 valence electrons. The molecule has 2 aromatic carbocycles. The Hall–Kier alpha value is -2.43. The Balaban J connectivity index is 2.13. The van der Waals surface area contributed by atoms with Gasteiger partial charge in [0.05, 0.1) is 0 Å². The Labute approximate surface area is 120 Å². The van der Waals surface area contributed by atoms with Gasteiger partial charge in [0.25, 0.3) is 0 Å². The van der Waals surface area contributed by atoms with E-state index in [2.05, 4.69) is 11.3 Å². The van der Waals surface area contributed by atoms with Crippen LogP contribution >= 0.6 is 0 Å². The average molecular weight is 294 g/mol. The first-order valence-electron chi connectivity index (χ1n) is 6.17. The highest BCUT2D eigenvalue weighted by molar-refractivity contribution is 5.57. The minimum Gasteiger partial charge on any atom is -0.489 e. The molecule has 21 heavy (non-hydrogen) atoms. The van der Waals surface area contributed by atoms with E-state index in [1.54, 1.807) is 6.07 Å². The van der Waals surface area contributed by atoms with Crippen molar-refractivity contribution in [1.82, 2.24) is 0 Å². The van der Waals surface area contributed by atoms with Gasteiger partial charge < -0.3 is 9.47 Å². The standard InChI is InChI=1S/C16H13F3O2/c1-2-13-8-9-14(10-15(13)21-16(17,18)19)20-11-12-6-4-3-5-7-12/h2-10H,1,11H2. The van der Waals surface area contributed by atoms with Crippen LogP contribution in [0, 0.1) is 0 Å². The van der Waals surface area contributed by atoms with Crippen molar-refractivity contribution in [3.8, 4) is 11.5 Å². The monoisotopic (exact) mass is 294 g/mol. The van der Waals surface area contributed by atoms with Gasteiger partial charge in [-0.3, -0.25) is 0 Å². The minimum absolute atomic E-state index is 0.249. The van der Waals surface area contributed by atoms with E-state index in [9.17, 15) is 13.2 Å². The Kier molecular flexibility index (Phi) is 4.52. The lowest BCUT2D eigenvalue weighted by molar-refractivity contribution is -0.274. The van der Waals surface area contributed by atoms with Crippen LogP contribution in [0.25, 0.3) is 6.08 Å². The van der Waals surface area contributed by atoms with Gasteiger partial charge in [0.1, 0.15) is 18.1 Å². The van der Waals surface area contributed by atoms with Crippen LogP contribution in [0.4, 0.5) is 13.2 Å². The summed E-state index contributed by atoms with van der Waals surface area (Å²) in [5.74, 6) is -0.0354. The second kappa shape index (κ2) is 6.35. The van der Waals surface area contributed by atoms with Crippen LogP contribution in [0.15, 0.2) is 55.1 Å². The molecule has 2 aromatic rings. The molecule has 0 unspecified atom stereocenters.